The van der Waals surface area contributed by atoms with E-state index in [0.29, 0.717) is 43.4 Å². The molecule has 1 saturated heterocycles. The molecule has 2 aliphatic heterocycles. The fraction of sp³-hybridized carbons (Fsp3) is 0.579. The van der Waals surface area contributed by atoms with Gasteiger partial charge in [0.15, 0.2) is 5.82 Å². The van der Waals surface area contributed by atoms with E-state index in [1.54, 1.807) is 35.0 Å². The van der Waals surface area contributed by atoms with Crippen LogP contribution in [0.15, 0.2) is 18.3 Å². The van der Waals surface area contributed by atoms with Crippen molar-refractivity contribution < 1.29 is 14.3 Å². The van der Waals surface area contributed by atoms with Gasteiger partial charge in [0, 0.05) is 45.0 Å². The first-order valence-corrected chi connectivity index (χ1v) is 10.0. The Morgan fingerprint density at radius 2 is 1.90 bits per heavy atom. The summed E-state index contributed by atoms with van der Waals surface area (Å²) >= 11 is 0. The summed E-state index contributed by atoms with van der Waals surface area (Å²) in [4.78, 5) is 33.9. The number of fused-ring (bicyclic) bond motifs is 1. The zero-order chi connectivity index (χ0) is 20.2. The molecule has 2 aliphatic rings. The van der Waals surface area contributed by atoms with Crippen LogP contribution in [0, 0.1) is 0 Å². The maximum Gasteiger partial charge on any atom is 0.272 e. The fourth-order valence-corrected chi connectivity index (χ4v) is 3.97. The highest BCUT2D eigenvalue weighted by Crippen LogP contribution is 2.26. The molecule has 2 amide bonds. The Morgan fingerprint density at radius 3 is 2.76 bits per heavy atom. The average Bonchev–Trinajstić information content (AvgIpc) is 2.96. The SMILES string of the molecule is COc1ccnc(C(=O)N2CCCN(C(=O)C3CCCCn4nnnc43)CC2)c1. The zero-order valence-electron chi connectivity index (χ0n) is 16.5. The zero-order valence-corrected chi connectivity index (χ0v) is 16.5. The van der Waals surface area contributed by atoms with Crippen LogP contribution < -0.4 is 4.74 Å². The van der Waals surface area contributed by atoms with Crippen LogP contribution in [0.3, 0.4) is 0 Å². The van der Waals surface area contributed by atoms with Gasteiger partial charge in [-0.2, -0.15) is 0 Å². The fourth-order valence-electron chi connectivity index (χ4n) is 3.97. The molecule has 0 bridgehead atoms. The Hall–Kier alpha value is -3.04. The molecule has 0 aromatic carbocycles. The molecule has 1 unspecified atom stereocenters. The van der Waals surface area contributed by atoms with E-state index in [1.807, 2.05) is 4.90 Å². The molecule has 29 heavy (non-hydrogen) atoms. The highest BCUT2D eigenvalue weighted by Gasteiger charge is 2.33. The number of methoxy groups -OCH3 is 1. The van der Waals surface area contributed by atoms with Gasteiger partial charge in [0.05, 0.1) is 13.0 Å². The van der Waals surface area contributed by atoms with Crippen molar-refractivity contribution in [1.82, 2.24) is 35.0 Å². The highest BCUT2D eigenvalue weighted by atomic mass is 16.5. The van der Waals surface area contributed by atoms with E-state index in [0.717, 1.165) is 32.2 Å². The summed E-state index contributed by atoms with van der Waals surface area (Å²) in [5.74, 6) is 0.856. The molecule has 0 N–H and O–H groups in total. The van der Waals surface area contributed by atoms with E-state index in [-0.39, 0.29) is 17.7 Å². The molecular weight excluding hydrogens is 374 g/mol. The van der Waals surface area contributed by atoms with E-state index in [4.69, 9.17) is 4.74 Å². The minimum absolute atomic E-state index is 0.0526. The van der Waals surface area contributed by atoms with Gasteiger partial charge >= 0.3 is 0 Å². The number of amides is 2. The molecule has 1 atom stereocenters. The molecule has 10 heteroatoms. The Labute approximate surface area is 168 Å². The van der Waals surface area contributed by atoms with Gasteiger partial charge in [0.1, 0.15) is 11.4 Å². The van der Waals surface area contributed by atoms with Crippen molar-refractivity contribution in [3.05, 3.63) is 29.8 Å². The standard InChI is InChI=1S/C19H25N7O3/c1-29-14-6-7-20-16(13-14)19(28)25-9-4-8-24(11-12-25)18(27)15-5-2-3-10-26-17(15)21-22-23-26/h6-7,13,15H,2-5,8-12H2,1H3. The average molecular weight is 399 g/mol. The number of hydrogen-bond acceptors (Lipinski definition) is 7. The molecule has 0 saturated carbocycles. The number of rotatable bonds is 3. The largest absolute Gasteiger partial charge is 0.497 e. The summed E-state index contributed by atoms with van der Waals surface area (Å²) in [6.45, 7) is 2.92. The monoisotopic (exact) mass is 399 g/mol. The summed E-state index contributed by atoms with van der Waals surface area (Å²) < 4.78 is 6.93. The predicted octanol–water partition coefficient (Wildman–Crippen LogP) is 0.719. The topological polar surface area (TPSA) is 106 Å². The molecule has 0 radical (unpaired) electrons. The van der Waals surface area contributed by atoms with Crippen LogP contribution in [0.2, 0.25) is 0 Å². The lowest BCUT2D eigenvalue weighted by Crippen LogP contribution is -2.40. The summed E-state index contributed by atoms with van der Waals surface area (Å²) in [6.07, 6.45) is 4.97. The maximum atomic E-state index is 13.2. The van der Waals surface area contributed by atoms with E-state index >= 15 is 0 Å². The number of carbonyl (C=O) groups is 2. The molecule has 1 fully saturated rings. The van der Waals surface area contributed by atoms with E-state index < -0.39 is 0 Å². The molecule has 4 heterocycles. The third kappa shape index (κ3) is 4.06. The third-order valence-electron chi connectivity index (χ3n) is 5.56. The third-order valence-corrected chi connectivity index (χ3v) is 5.56. The summed E-state index contributed by atoms with van der Waals surface area (Å²) in [5.41, 5.74) is 0.354. The van der Waals surface area contributed by atoms with Gasteiger partial charge in [0.2, 0.25) is 5.91 Å². The van der Waals surface area contributed by atoms with Crippen LogP contribution >= 0.6 is 0 Å². The first-order valence-electron chi connectivity index (χ1n) is 10.0. The van der Waals surface area contributed by atoms with Crippen molar-refractivity contribution in [1.29, 1.82) is 0 Å². The minimum Gasteiger partial charge on any atom is -0.497 e. The van der Waals surface area contributed by atoms with E-state index in [9.17, 15) is 9.59 Å². The summed E-state index contributed by atoms with van der Waals surface area (Å²) in [6, 6.07) is 3.35. The van der Waals surface area contributed by atoms with Crippen LogP contribution in [0.4, 0.5) is 0 Å². The lowest BCUT2D eigenvalue weighted by atomic mass is 10.0. The number of nitrogens with zero attached hydrogens (tertiary/aromatic N) is 7. The lowest BCUT2D eigenvalue weighted by molar-refractivity contribution is -0.133. The summed E-state index contributed by atoms with van der Waals surface area (Å²) in [7, 11) is 1.56. The molecular formula is C19H25N7O3. The number of tetrazole rings is 1. The van der Waals surface area contributed by atoms with Crippen molar-refractivity contribution in [2.24, 2.45) is 0 Å². The van der Waals surface area contributed by atoms with Gasteiger partial charge in [0.25, 0.3) is 5.91 Å². The van der Waals surface area contributed by atoms with E-state index in [2.05, 4.69) is 20.5 Å². The quantitative estimate of drug-likeness (QED) is 0.748. The number of hydrogen-bond donors (Lipinski definition) is 0. The molecule has 0 spiro atoms. The Balaban J connectivity index is 1.44. The minimum atomic E-state index is -0.310. The second-order valence-corrected chi connectivity index (χ2v) is 7.36. The van der Waals surface area contributed by atoms with Crippen molar-refractivity contribution in [2.75, 3.05) is 33.3 Å². The Morgan fingerprint density at radius 1 is 1.07 bits per heavy atom. The number of aryl methyl sites for hydroxylation is 1. The van der Waals surface area contributed by atoms with E-state index in [1.165, 1.54) is 0 Å². The van der Waals surface area contributed by atoms with Crippen molar-refractivity contribution in [2.45, 2.75) is 38.1 Å². The van der Waals surface area contributed by atoms with Gasteiger partial charge < -0.3 is 14.5 Å². The van der Waals surface area contributed by atoms with Crippen molar-refractivity contribution >= 4 is 11.8 Å². The smallest absolute Gasteiger partial charge is 0.272 e. The molecule has 2 aromatic heterocycles. The van der Waals surface area contributed by atoms with Crippen LogP contribution in [0.5, 0.6) is 5.75 Å². The first-order chi connectivity index (χ1) is 14.2. The first kappa shape index (κ1) is 19.3. The highest BCUT2D eigenvalue weighted by molar-refractivity contribution is 5.92. The van der Waals surface area contributed by atoms with Crippen molar-refractivity contribution in [3.63, 3.8) is 0 Å². The number of carbonyl (C=O) groups excluding carboxylic acids is 2. The molecule has 154 valence electrons. The van der Waals surface area contributed by atoms with Gasteiger partial charge in [-0.1, -0.05) is 6.42 Å². The second kappa shape index (κ2) is 8.54. The predicted molar refractivity (Wildman–Crippen MR) is 102 cm³/mol. The number of pyridine rings is 1. The number of ether oxygens (including phenoxy) is 1. The van der Waals surface area contributed by atoms with Gasteiger partial charge in [-0.3, -0.25) is 14.6 Å². The molecule has 0 aliphatic carbocycles. The van der Waals surface area contributed by atoms with Gasteiger partial charge in [-0.05, 0) is 35.8 Å². The molecule has 2 aromatic rings. The van der Waals surface area contributed by atoms with Crippen LogP contribution in [-0.4, -0.2) is 80.1 Å². The van der Waals surface area contributed by atoms with Crippen molar-refractivity contribution in [3.8, 4) is 5.75 Å². The van der Waals surface area contributed by atoms with Crippen LogP contribution in [0.25, 0.3) is 0 Å². The second-order valence-electron chi connectivity index (χ2n) is 7.36. The molecule has 10 nitrogen and oxygen atoms in total. The summed E-state index contributed by atoms with van der Waals surface area (Å²) in [5, 5.41) is 11.9. The lowest BCUT2D eigenvalue weighted by Gasteiger charge is -2.25. The normalized spacial score (nSPS) is 19.8. The van der Waals surface area contributed by atoms with Crippen LogP contribution in [0.1, 0.15) is 47.9 Å². The molecule has 4 rings (SSSR count). The number of aromatic nitrogens is 5. The van der Waals surface area contributed by atoms with Crippen LogP contribution in [-0.2, 0) is 11.3 Å². The van der Waals surface area contributed by atoms with Gasteiger partial charge in [-0.25, -0.2) is 4.68 Å². The Kier molecular flexibility index (Phi) is 5.68. The maximum absolute atomic E-state index is 13.2. The van der Waals surface area contributed by atoms with Gasteiger partial charge in [-0.15, -0.1) is 5.10 Å². The Bertz CT molecular complexity index is 884.